The van der Waals surface area contributed by atoms with Gasteiger partial charge in [0.1, 0.15) is 0 Å². The minimum absolute atomic E-state index is 0.563. The van der Waals surface area contributed by atoms with Gasteiger partial charge in [-0.1, -0.05) is 29.8 Å². The molecule has 0 aliphatic carbocycles. The third kappa shape index (κ3) is 2.80. The monoisotopic (exact) mass is 235 g/mol. The lowest BCUT2D eigenvalue weighted by Crippen LogP contribution is -2.25. The number of nitrogens with two attached hydrogens (primary N) is 1. The van der Waals surface area contributed by atoms with E-state index in [-0.39, 0.29) is 0 Å². The molecule has 2 atom stereocenters. The van der Waals surface area contributed by atoms with Crippen LogP contribution in [0.5, 0.6) is 0 Å². The molecule has 0 spiro atoms. The summed E-state index contributed by atoms with van der Waals surface area (Å²) in [6.45, 7) is 2.92. The largest absolute Gasteiger partial charge is 0.330 e. The zero-order valence-electron chi connectivity index (χ0n) is 9.99. The van der Waals surface area contributed by atoms with Gasteiger partial charge in [-0.25, -0.2) is 0 Å². The number of rotatable bonds is 3. The van der Waals surface area contributed by atoms with Crippen molar-refractivity contribution in [3.8, 4) is 0 Å². The number of aryl methyl sites for hydroxylation is 1. The van der Waals surface area contributed by atoms with E-state index in [1.54, 1.807) is 0 Å². The summed E-state index contributed by atoms with van der Waals surface area (Å²) in [4.78, 5) is 0. The van der Waals surface area contributed by atoms with Gasteiger partial charge in [-0.05, 0) is 55.2 Å². The molecule has 1 fully saturated rings. The molecule has 2 N–H and O–H groups in total. The third-order valence-electron chi connectivity index (χ3n) is 3.52. The first-order chi connectivity index (χ1) is 7.81. The van der Waals surface area contributed by atoms with Crippen LogP contribution >= 0.6 is 11.8 Å². The third-order valence-corrected chi connectivity index (χ3v) is 4.77. The van der Waals surface area contributed by atoms with E-state index in [0.29, 0.717) is 5.92 Å². The maximum Gasteiger partial charge on any atom is -0.000267 e. The molecule has 1 aromatic carbocycles. The van der Waals surface area contributed by atoms with Gasteiger partial charge in [-0.3, -0.25) is 0 Å². The molecule has 1 nitrogen and oxygen atoms in total. The van der Waals surface area contributed by atoms with Crippen LogP contribution in [0.3, 0.4) is 0 Å². The van der Waals surface area contributed by atoms with E-state index in [0.717, 1.165) is 12.5 Å². The summed E-state index contributed by atoms with van der Waals surface area (Å²) >= 11 is 2.09. The zero-order chi connectivity index (χ0) is 11.4. The number of thioether (sulfide) groups is 1. The standard InChI is InChI=1S/C14H21NS/c1-11-4-6-12(7-5-11)14(9-15)13-3-2-8-16-10-13/h4-7,13-14H,2-3,8-10,15H2,1H3. The van der Waals surface area contributed by atoms with Gasteiger partial charge in [0.2, 0.25) is 0 Å². The van der Waals surface area contributed by atoms with Crippen molar-refractivity contribution >= 4 is 11.8 Å². The van der Waals surface area contributed by atoms with Crippen molar-refractivity contribution < 1.29 is 0 Å². The molecule has 1 aromatic rings. The Labute approximate surface area is 103 Å². The molecule has 0 radical (unpaired) electrons. The van der Waals surface area contributed by atoms with E-state index in [1.165, 1.54) is 35.5 Å². The molecule has 0 saturated carbocycles. The van der Waals surface area contributed by atoms with Gasteiger partial charge in [0.05, 0.1) is 0 Å². The SMILES string of the molecule is Cc1ccc(C(CN)C2CCCSC2)cc1. The van der Waals surface area contributed by atoms with Gasteiger partial charge in [-0.2, -0.15) is 11.8 Å². The lowest BCUT2D eigenvalue weighted by atomic mass is 9.84. The molecule has 2 heteroatoms. The number of hydrogen-bond donors (Lipinski definition) is 1. The predicted octanol–water partition coefficient (Wildman–Crippen LogP) is 3.18. The fraction of sp³-hybridized carbons (Fsp3) is 0.571. The second-order valence-electron chi connectivity index (χ2n) is 4.73. The molecule has 88 valence electrons. The lowest BCUT2D eigenvalue weighted by molar-refractivity contribution is 0.430. The van der Waals surface area contributed by atoms with Crippen molar-refractivity contribution in [2.75, 3.05) is 18.1 Å². The average Bonchev–Trinajstić information content (AvgIpc) is 2.34. The first-order valence-electron chi connectivity index (χ1n) is 6.15. The molecule has 1 aliphatic rings. The van der Waals surface area contributed by atoms with Gasteiger partial charge in [0.15, 0.2) is 0 Å². The molecule has 0 amide bonds. The normalized spacial score (nSPS) is 23.0. The van der Waals surface area contributed by atoms with Crippen LogP contribution in [-0.2, 0) is 0 Å². The predicted molar refractivity (Wildman–Crippen MR) is 73.0 cm³/mol. The second-order valence-corrected chi connectivity index (χ2v) is 5.88. The van der Waals surface area contributed by atoms with Crippen molar-refractivity contribution in [3.63, 3.8) is 0 Å². The van der Waals surface area contributed by atoms with Crippen molar-refractivity contribution in [1.29, 1.82) is 0 Å². The minimum atomic E-state index is 0.563. The van der Waals surface area contributed by atoms with E-state index < -0.39 is 0 Å². The Hall–Kier alpha value is -0.470. The van der Waals surface area contributed by atoms with E-state index in [9.17, 15) is 0 Å². The first kappa shape index (κ1) is 12.0. The van der Waals surface area contributed by atoms with Crippen LogP contribution in [0, 0.1) is 12.8 Å². The molecule has 1 aliphatic heterocycles. The molecule has 1 saturated heterocycles. The maximum absolute atomic E-state index is 5.96. The number of hydrogen-bond acceptors (Lipinski definition) is 2. The van der Waals surface area contributed by atoms with E-state index in [2.05, 4.69) is 43.0 Å². The average molecular weight is 235 g/mol. The molecule has 2 rings (SSSR count). The van der Waals surface area contributed by atoms with Gasteiger partial charge < -0.3 is 5.73 Å². The Bertz CT molecular complexity index is 314. The molecule has 2 unspecified atom stereocenters. The highest BCUT2D eigenvalue weighted by Gasteiger charge is 2.23. The quantitative estimate of drug-likeness (QED) is 0.871. The van der Waals surface area contributed by atoms with Crippen LogP contribution in [-0.4, -0.2) is 18.1 Å². The summed E-state index contributed by atoms with van der Waals surface area (Å²) in [5.74, 6) is 3.97. The Balaban J connectivity index is 2.11. The Kier molecular flexibility index (Phi) is 4.30. The van der Waals surface area contributed by atoms with E-state index in [4.69, 9.17) is 5.73 Å². The molecule has 0 aromatic heterocycles. The van der Waals surface area contributed by atoms with Crippen molar-refractivity contribution in [1.82, 2.24) is 0 Å². The first-order valence-corrected chi connectivity index (χ1v) is 7.31. The maximum atomic E-state index is 5.96. The lowest BCUT2D eigenvalue weighted by Gasteiger charge is -2.29. The summed E-state index contributed by atoms with van der Waals surface area (Å²) in [5, 5.41) is 0. The van der Waals surface area contributed by atoms with Crippen LogP contribution in [0.1, 0.15) is 29.9 Å². The topological polar surface area (TPSA) is 26.0 Å². The van der Waals surface area contributed by atoms with Crippen LogP contribution in [0.25, 0.3) is 0 Å². The van der Waals surface area contributed by atoms with Crippen molar-refractivity contribution in [2.24, 2.45) is 11.7 Å². The van der Waals surface area contributed by atoms with Gasteiger partial charge in [0, 0.05) is 0 Å². The fourth-order valence-electron chi connectivity index (χ4n) is 2.50. The highest BCUT2D eigenvalue weighted by molar-refractivity contribution is 7.99. The molecule has 1 heterocycles. The van der Waals surface area contributed by atoms with Gasteiger partial charge in [-0.15, -0.1) is 0 Å². The zero-order valence-corrected chi connectivity index (χ0v) is 10.8. The van der Waals surface area contributed by atoms with Crippen molar-refractivity contribution in [3.05, 3.63) is 35.4 Å². The summed E-state index contributed by atoms with van der Waals surface area (Å²) in [6.07, 6.45) is 2.71. The molecule has 0 bridgehead atoms. The highest BCUT2D eigenvalue weighted by atomic mass is 32.2. The summed E-state index contributed by atoms with van der Waals surface area (Å²) in [7, 11) is 0. The fourth-order valence-corrected chi connectivity index (χ4v) is 3.74. The Morgan fingerprint density at radius 1 is 1.38 bits per heavy atom. The summed E-state index contributed by atoms with van der Waals surface area (Å²) in [6, 6.07) is 8.92. The molecular formula is C14H21NS. The summed E-state index contributed by atoms with van der Waals surface area (Å²) in [5.41, 5.74) is 8.73. The summed E-state index contributed by atoms with van der Waals surface area (Å²) < 4.78 is 0. The Morgan fingerprint density at radius 3 is 2.69 bits per heavy atom. The van der Waals surface area contributed by atoms with Crippen LogP contribution in [0.4, 0.5) is 0 Å². The van der Waals surface area contributed by atoms with Crippen LogP contribution < -0.4 is 5.73 Å². The highest BCUT2D eigenvalue weighted by Crippen LogP contribution is 2.34. The second kappa shape index (κ2) is 5.74. The smallest absolute Gasteiger partial charge is 0.000267 e. The molecular weight excluding hydrogens is 214 g/mol. The van der Waals surface area contributed by atoms with Crippen LogP contribution in [0.15, 0.2) is 24.3 Å². The molecule has 16 heavy (non-hydrogen) atoms. The van der Waals surface area contributed by atoms with Gasteiger partial charge in [0.25, 0.3) is 0 Å². The number of benzene rings is 1. The van der Waals surface area contributed by atoms with E-state index >= 15 is 0 Å². The van der Waals surface area contributed by atoms with Gasteiger partial charge >= 0.3 is 0 Å². The van der Waals surface area contributed by atoms with Crippen molar-refractivity contribution in [2.45, 2.75) is 25.7 Å². The Morgan fingerprint density at radius 2 is 2.12 bits per heavy atom. The van der Waals surface area contributed by atoms with E-state index in [1.807, 2.05) is 0 Å². The minimum Gasteiger partial charge on any atom is -0.330 e. The van der Waals surface area contributed by atoms with Crippen LogP contribution in [0.2, 0.25) is 0 Å².